The van der Waals surface area contributed by atoms with Gasteiger partial charge in [0.25, 0.3) is 0 Å². The van der Waals surface area contributed by atoms with Gasteiger partial charge in [0.15, 0.2) is 0 Å². The second-order valence-corrected chi connectivity index (χ2v) is 4.97. The Morgan fingerprint density at radius 3 is 2.14 bits per heavy atom. The van der Waals surface area contributed by atoms with Gasteiger partial charge in [-0.2, -0.15) is 0 Å². The van der Waals surface area contributed by atoms with Crippen LogP contribution in [0.25, 0.3) is 11.3 Å². The summed E-state index contributed by atoms with van der Waals surface area (Å²) in [6.45, 7) is 8.58. The summed E-state index contributed by atoms with van der Waals surface area (Å²) in [7, 11) is 0. The molecule has 0 fully saturated rings. The number of aryl methyl sites for hydroxylation is 1. The first-order chi connectivity index (χ1) is 10.2. The third kappa shape index (κ3) is 4.18. The second kappa shape index (κ2) is 8.71. The average molecular weight is 321 g/mol. The standard InChI is InChI=1S/C17H24N4.ClH/c1-4-13-7-9-14(10-8-13)16-11-15(12-18)19-17(20-16)21(5-2)6-3;/h7-11H,4-6,12,18H2,1-3H3;1H. The van der Waals surface area contributed by atoms with Gasteiger partial charge in [0.1, 0.15) is 0 Å². The molecule has 0 atom stereocenters. The van der Waals surface area contributed by atoms with Crippen molar-refractivity contribution >= 4 is 18.4 Å². The van der Waals surface area contributed by atoms with Crippen LogP contribution in [-0.4, -0.2) is 23.1 Å². The smallest absolute Gasteiger partial charge is 0.226 e. The monoisotopic (exact) mass is 320 g/mol. The number of nitrogens with zero attached hydrogens (tertiary/aromatic N) is 3. The fraction of sp³-hybridized carbons (Fsp3) is 0.412. The van der Waals surface area contributed by atoms with Crippen molar-refractivity contribution in [3.8, 4) is 11.3 Å². The number of hydrogen-bond donors (Lipinski definition) is 1. The lowest BCUT2D eigenvalue weighted by molar-refractivity contribution is 0.809. The molecule has 0 aliphatic carbocycles. The lowest BCUT2D eigenvalue weighted by Crippen LogP contribution is -2.25. The number of nitrogens with two attached hydrogens (primary N) is 1. The summed E-state index contributed by atoms with van der Waals surface area (Å²) in [6, 6.07) is 10.5. The van der Waals surface area contributed by atoms with E-state index in [1.54, 1.807) is 0 Å². The number of rotatable bonds is 6. The van der Waals surface area contributed by atoms with Crippen molar-refractivity contribution in [2.45, 2.75) is 33.7 Å². The Hall–Kier alpha value is -1.65. The lowest BCUT2D eigenvalue weighted by atomic mass is 10.1. The van der Waals surface area contributed by atoms with E-state index in [4.69, 9.17) is 10.7 Å². The van der Waals surface area contributed by atoms with E-state index in [-0.39, 0.29) is 12.4 Å². The van der Waals surface area contributed by atoms with Gasteiger partial charge in [-0.05, 0) is 31.9 Å². The largest absolute Gasteiger partial charge is 0.341 e. The molecule has 2 aromatic rings. The van der Waals surface area contributed by atoms with Gasteiger partial charge in [-0.3, -0.25) is 0 Å². The summed E-state index contributed by atoms with van der Waals surface area (Å²) < 4.78 is 0. The zero-order valence-electron chi connectivity index (χ0n) is 13.5. The highest BCUT2D eigenvalue weighted by Crippen LogP contribution is 2.21. The lowest BCUT2D eigenvalue weighted by Gasteiger charge is -2.20. The van der Waals surface area contributed by atoms with Gasteiger partial charge >= 0.3 is 0 Å². The zero-order valence-corrected chi connectivity index (χ0v) is 14.4. The van der Waals surface area contributed by atoms with E-state index in [1.165, 1.54) is 5.56 Å². The van der Waals surface area contributed by atoms with E-state index in [1.807, 2.05) is 6.07 Å². The van der Waals surface area contributed by atoms with Crippen LogP contribution in [0.5, 0.6) is 0 Å². The molecule has 0 saturated carbocycles. The van der Waals surface area contributed by atoms with Crippen LogP contribution in [0, 0.1) is 0 Å². The van der Waals surface area contributed by atoms with Crippen LogP contribution < -0.4 is 10.6 Å². The van der Waals surface area contributed by atoms with E-state index >= 15 is 0 Å². The maximum absolute atomic E-state index is 5.79. The average Bonchev–Trinajstić information content (AvgIpc) is 2.55. The normalized spacial score (nSPS) is 10.2. The van der Waals surface area contributed by atoms with Gasteiger partial charge in [-0.15, -0.1) is 12.4 Å². The Labute approximate surface area is 139 Å². The number of anilines is 1. The fourth-order valence-corrected chi connectivity index (χ4v) is 2.30. The van der Waals surface area contributed by atoms with Crippen LogP contribution in [0.2, 0.25) is 0 Å². The molecule has 0 saturated heterocycles. The van der Waals surface area contributed by atoms with Crippen molar-refractivity contribution in [2.75, 3.05) is 18.0 Å². The molecule has 2 N–H and O–H groups in total. The molecule has 1 heterocycles. The third-order valence-electron chi connectivity index (χ3n) is 3.68. The molecule has 0 unspecified atom stereocenters. The van der Waals surface area contributed by atoms with Gasteiger partial charge in [-0.1, -0.05) is 31.2 Å². The van der Waals surface area contributed by atoms with Gasteiger partial charge in [-0.25, -0.2) is 9.97 Å². The molecule has 1 aromatic heterocycles. The van der Waals surface area contributed by atoms with Crippen molar-refractivity contribution in [2.24, 2.45) is 5.73 Å². The van der Waals surface area contributed by atoms with Crippen molar-refractivity contribution in [1.82, 2.24) is 9.97 Å². The molecular weight excluding hydrogens is 296 g/mol. The molecule has 120 valence electrons. The molecule has 0 radical (unpaired) electrons. The first-order valence-electron chi connectivity index (χ1n) is 7.64. The maximum Gasteiger partial charge on any atom is 0.226 e. The minimum absolute atomic E-state index is 0. The number of halogens is 1. The van der Waals surface area contributed by atoms with Crippen molar-refractivity contribution in [3.05, 3.63) is 41.6 Å². The molecule has 0 bridgehead atoms. The van der Waals surface area contributed by atoms with E-state index in [0.29, 0.717) is 6.54 Å². The summed E-state index contributed by atoms with van der Waals surface area (Å²) in [5.74, 6) is 0.762. The van der Waals surface area contributed by atoms with Crippen molar-refractivity contribution < 1.29 is 0 Å². The minimum atomic E-state index is 0. The van der Waals surface area contributed by atoms with Gasteiger partial charge in [0.2, 0.25) is 5.95 Å². The molecule has 0 amide bonds. The zero-order chi connectivity index (χ0) is 15.2. The molecule has 22 heavy (non-hydrogen) atoms. The maximum atomic E-state index is 5.79. The number of benzene rings is 1. The van der Waals surface area contributed by atoms with Crippen LogP contribution >= 0.6 is 12.4 Å². The molecule has 0 spiro atoms. The summed E-state index contributed by atoms with van der Waals surface area (Å²) in [4.78, 5) is 11.4. The summed E-state index contributed by atoms with van der Waals surface area (Å²) in [6.07, 6.45) is 1.04. The molecule has 0 aliphatic rings. The molecule has 0 aliphatic heterocycles. The quantitative estimate of drug-likeness (QED) is 0.886. The Balaban J connectivity index is 0.00000242. The first kappa shape index (κ1) is 18.4. The predicted octanol–water partition coefficient (Wildman–Crippen LogP) is 3.43. The molecule has 1 aromatic carbocycles. The summed E-state index contributed by atoms with van der Waals surface area (Å²) in [5.41, 5.74) is 10.0. The highest BCUT2D eigenvalue weighted by atomic mass is 35.5. The third-order valence-corrected chi connectivity index (χ3v) is 3.68. The topological polar surface area (TPSA) is 55.0 Å². The van der Waals surface area contributed by atoms with Crippen molar-refractivity contribution in [1.29, 1.82) is 0 Å². The SMILES string of the molecule is CCc1ccc(-c2cc(CN)nc(N(CC)CC)n2)cc1.Cl. The molecule has 2 rings (SSSR count). The first-order valence-corrected chi connectivity index (χ1v) is 7.64. The summed E-state index contributed by atoms with van der Waals surface area (Å²) >= 11 is 0. The minimum Gasteiger partial charge on any atom is -0.341 e. The Morgan fingerprint density at radius 1 is 1.00 bits per heavy atom. The van der Waals surface area contributed by atoms with E-state index < -0.39 is 0 Å². The Bertz CT molecular complexity index is 580. The van der Waals surface area contributed by atoms with Crippen molar-refractivity contribution in [3.63, 3.8) is 0 Å². The molecular formula is C17H25ClN4. The number of hydrogen-bond acceptors (Lipinski definition) is 4. The van der Waals surface area contributed by atoms with E-state index in [0.717, 1.165) is 42.4 Å². The second-order valence-electron chi connectivity index (χ2n) is 4.97. The number of aromatic nitrogens is 2. The Kier molecular flexibility index (Phi) is 7.28. The van der Waals surface area contributed by atoms with Gasteiger partial charge in [0.05, 0.1) is 11.4 Å². The predicted molar refractivity (Wildman–Crippen MR) is 95.5 cm³/mol. The fourth-order valence-electron chi connectivity index (χ4n) is 2.30. The van der Waals surface area contributed by atoms with Crippen LogP contribution in [-0.2, 0) is 13.0 Å². The van der Waals surface area contributed by atoms with Crippen LogP contribution in [0.4, 0.5) is 5.95 Å². The van der Waals surface area contributed by atoms with E-state index in [9.17, 15) is 0 Å². The van der Waals surface area contributed by atoms with Crippen LogP contribution in [0.15, 0.2) is 30.3 Å². The van der Waals surface area contributed by atoms with Crippen LogP contribution in [0.3, 0.4) is 0 Å². The Morgan fingerprint density at radius 2 is 1.64 bits per heavy atom. The molecule has 5 heteroatoms. The molecule has 4 nitrogen and oxygen atoms in total. The van der Waals surface area contributed by atoms with Gasteiger partial charge in [0, 0.05) is 25.2 Å². The van der Waals surface area contributed by atoms with Crippen LogP contribution in [0.1, 0.15) is 32.0 Å². The highest BCUT2D eigenvalue weighted by molar-refractivity contribution is 5.85. The summed E-state index contributed by atoms with van der Waals surface area (Å²) in [5, 5.41) is 0. The highest BCUT2D eigenvalue weighted by Gasteiger charge is 2.10. The van der Waals surface area contributed by atoms with E-state index in [2.05, 4.69) is 54.9 Å². The van der Waals surface area contributed by atoms with Gasteiger partial charge < -0.3 is 10.6 Å².